The van der Waals surface area contributed by atoms with Crippen LogP contribution in [0.3, 0.4) is 0 Å². The van der Waals surface area contributed by atoms with Crippen LogP contribution < -0.4 is 5.32 Å². The first-order chi connectivity index (χ1) is 11.8. The molecule has 0 aliphatic heterocycles. The molecule has 0 fully saturated rings. The molecule has 9 heteroatoms. The van der Waals surface area contributed by atoms with E-state index in [0.29, 0.717) is 5.69 Å². The molecule has 25 heavy (non-hydrogen) atoms. The fourth-order valence-electron chi connectivity index (χ4n) is 2.07. The third-order valence-electron chi connectivity index (χ3n) is 3.28. The van der Waals surface area contributed by atoms with Crippen molar-refractivity contribution in [2.45, 2.75) is 13.8 Å². The van der Waals surface area contributed by atoms with Crippen LogP contribution in [-0.4, -0.2) is 28.4 Å². The lowest BCUT2D eigenvalue weighted by Gasteiger charge is -2.05. The maximum absolute atomic E-state index is 12.4. The number of aromatic nitrogens is 1. The number of ether oxygens (including phenoxy) is 1. The van der Waals surface area contributed by atoms with E-state index in [9.17, 15) is 19.7 Å². The largest absolute Gasteiger partial charge is 0.457 e. The molecule has 0 spiro atoms. The van der Waals surface area contributed by atoms with E-state index < -0.39 is 16.8 Å². The van der Waals surface area contributed by atoms with Gasteiger partial charge >= 0.3 is 5.97 Å². The molecule has 0 saturated heterocycles. The molecular formula is C16H15N3O5S. The minimum Gasteiger partial charge on any atom is -0.457 e. The number of carbonyl (C=O) groups is 2. The Morgan fingerprint density at radius 2 is 2.16 bits per heavy atom. The number of aryl methyl sites for hydroxylation is 1. The predicted octanol–water partition coefficient (Wildman–Crippen LogP) is 3.26. The number of hydrogen-bond acceptors (Lipinski definition) is 7. The van der Waals surface area contributed by atoms with Gasteiger partial charge < -0.3 is 4.74 Å². The van der Waals surface area contributed by atoms with Gasteiger partial charge in [0.05, 0.1) is 10.6 Å². The first-order valence-corrected chi connectivity index (χ1v) is 7.97. The molecule has 0 radical (unpaired) electrons. The number of nitrogens with one attached hydrogen (secondary N) is 1. The zero-order valence-electron chi connectivity index (χ0n) is 13.6. The van der Waals surface area contributed by atoms with E-state index in [4.69, 9.17) is 4.74 Å². The van der Waals surface area contributed by atoms with Gasteiger partial charge in [0.2, 0.25) is 0 Å². The second kappa shape index (κ2) is 7.67. The van der Waals surface area contributed by atoms with Crippen molar-refractivity contribution in [1.82, 2.24) is 4.98 Å². The van der Waals surface area contributed by atoms with E-state index in [1.807, 2.05) is 0 Å². The van der Waals surface area contributed by atoms with Crippen LogP contribution in [0.25, 0.3) is 0 Å². The van der Waals surface area contributed by atoms with Gasteiger partial charge in [0.25, 0.3) is 11.6 Å². The Balaban J connectivity index is 2.22. The third kappa shape index (κ3) is 4.07. The number of rotatable bonds is 6. The smallest absolute Gasteiger partial charge is 0.350 e. The summed E-state index contributed by atoms with van der Waals surface area (Å²) in [5.74, 6) is -1.09. The fraction of sp³-hybridized carbons (Fsp3) is 0.188. The van der Waals surface area contributed by atoms with Crippen molar-refractivity contribution >= 4 is 34.0 Å². The third-order valence-corrected chi connectivity index (χ3v) is 4.33. The molecule has 2 aromatic rings. The maximum atomic E-state index is 12.4. The van der Waals surface area contributed by atoms with E-state index in [0.717, 1.165) is 11.3 Å². The fourth-order valence-corrected chi connectivity index (χ4v) is 2.93. The van der Waals surface area contributed by atoms with Gasteiger partial charge in [0.1, 0.15) is 11.5 Å². The number of carbonyl (C=O) groups excluding carboxylic acids is 2. The van der Waals surface area contributed by atoms with Gasteiger partial charge in [-0.2, -0.15) is 0 Å². The monoisotopic (exact) mass is 361 g/mol. The van der Waals surface area contributed by atoms with Crippen molar-refractivity contribution in [3.63, 3.8) is 0 Å². The molecule has 8 nitrogen and oxygen atoms in total. The number of nitro benzene ring substituents is 1. The van der Waals surface area contributed by atoms with Gasteiger partial charge in [-0.3, -0.25) is 20.2 Å². The van der Waals surface area contributed by atoms with Crippen LogP contribution in [0.2, 0.25) is 0 Å². The number of esters is 1. The molecule has 0 unspecified atom stereocenters. The Morgan fingerprint density at radius 3 is 2.80 bits per heavy atom. The Labute approximate surface area is 147 Å². The number of thiazole rings is 1. The lowest BCUT2D eigenvalue weighted by atomic mass is 10.1. The summed E-state index contributed by atoms with van der Waals surface area (Å²) >= 11 is 0.972. The number of hydrogen-bond donors (Lipinski definition) is 1. The van der Waals surface area contributed by atoms with Gasteiger partial charge in [-0.15, -0.1) is 0 Å². The first-order valence-electron chi connectivity index (χ1n) is 7.16. The second-order valence-electron chi connectivity index (χ2n) is 4.98. The molecule has 130 valence electrons. The van der Waals surface area contributed by atoms with Crippen LogP contribution >= 0.6 is 11.3 Å². The molecular weight excluding hydrogens is 346 g/mol. The topological polar surface area (TPSA) is 111 Å². The van der Waals surface area contributed by atoms with Crippen LogP contribution in [0.4, 0.5) is 10.8 Å². The number of benzene rings is 1. The Kier molecular flexibility index (Phi) is 5.60. The summed E-state index contributed by atoms with van der Waals surface area (Å²) in [6.07, 6.45) is 1.45. The number of nitrogens with zero attached hydrogens (tertiary/aromatic N) is 2. The lowest BCUT2D eigenvalue weighted by molar-refractivity contribution is -0.385. The van der Waals surface area contributed by atoms with Crippen LogP contribution in [0.15, 0.2) is 30.9 Å². The average molecular weight is 361 g/mol. The van der Waals surface area contributed by atoms with Gasteiger partial charge in [-0.05, 0) is 19.9 Å². The highest BCUT2D eigenvalue weighted by molar-refractivity contribution is 7.17. The molecule has 1 heterocycles. The van der Waals surface area contributed by atoms with Crippen LogP contribution in [0, 0.1) is 24.0 Å². The van der Waals surface area contributed by atoms with Crippen molar-refractivity contribution in [3.05, 3.63) is 62.7 Å². The zero-order chi connectivity index (χ0) is 18.6. The van der Waals surface area contributed by atoms with Gasteiger partial charge in [0.15, 0.2) is 5.13 Å². The molecule has 0 saturated carbocycles. The molecule has 0 aliphatic carbocycles. The molecule has 1 aromatic carbocycles. The summed E-state index contributed by atoms with van der Waals surface area (Å²) in [5, 5.41) is 13.7. The van der Waals surface area contributed by atoms with Crippen molar-refractivity contribution < 1.29 is 19.2 Å². The van der Waals surface area contributed by atoms with E-state index in [1.54, 1.807) is 6.92 Å². The van der Waals surface area contributed by atoms with E-state index in [1.165, 1.54) is 31.2 Å². The lowest BCUT2D eigenvalue weighted by Crippen LogP contribution is -2.14. The van der Waals surface area contributed by atoms with Crippen molar-refractivity contribution in [2.75, 3.05) is 11.9 Å². The molecule has 1 aromatic heterocycles. The van der Waals surface area contributed by atoms with E-state index >= 15 is 0 Å². The normalized spacial score (nSPS) is 10.2. The maximum Gasteiger partial charge on any atom is 0.350 e. The summed E-state index contributed by atoms with van der Waals surface area (Å²) in [7, 11) is 0. The number of nitro groups is 1. The Morgan fingerprint density at radius 1 is 1.44 bits per heavy atom. The minimum atomic E-state index is -0.554. The van der Waals surface area contributed by atoms with Gasteiger partial charge in [-0.1, -0.05) is 30.1 Å². The van der Waals surface area contributed by atoms with E-state index in [-0.39, 0.29) is 33.4 Å². The van der Waals surface area contributed by atoms with Crippen LogP contribution in [0.5, 0.6) is 0 Å². The SMILES string of the molecule is C=CCOC(=O)c1sc(NC(=O)c2cccc([N+](=O)[O-])c2C)nc1C. The van der Waals surface area contributed by atoms with Gasteiger partial charge in [0, 0.05) is 17.2 Å². The quantitative estimate of drug-likeness (QED) is 0.366. The number of anilines is 1. The Bertz CT molecular complexity index is 859. The Hall–Kier alpha value is -3.07. The molecule has 0 bridgehead atoms. The number of amides is 1. The van der Waals surface area contributed by atoms with E-state index in [2.05, 4.69) is 16.9 Å². The summed E-state index contributed by atoms with van der Waals surface area (Å²) in [4.78, 5) is 39.1. The minimum absolute atomic E-state index is 0.0742. The standard InChI is InChI=1S/C16H15N3O5S/c1-4-8-24-15(21)13-10(3)17-16(25-13)18-14(20)11-6-5-7-12(9(11)2)19(22)23/h4-7H,1,8H2,2-3H3,(H,17,18,20). The average Bonchev–Trinajstić information content (AvgIpc) is 2.92. The van der Waals surface area contributed by atoms with Crippen molar-refractivity contribution in [3.8, 4) is 0 Å². The molecule has 1 N–H and O–H groups in total. The second-order valence-corrected chi connectivity index (χ2v) is 5.98. The summed E-state index contributed by atoms with van der Waals surface area (Å²) in [6.45, 7) is 6.65. The highest BCUT2D eigenvalue weighted by Gasteiger charge is 2.21. The molecule has 0 aliphatic rings. The van der Waals surface area contributed by atoms with Crippen molar-refractivity contribution in [1.29, 1.82) is 0 Å². The zero-order valence-corrected chi connectivity index (χ0v) is 14.4. The predicted molar refractivity (Wildman–Crippen MR) is 93.1 cm³/mol. The highest BCUT2D eigenvalue weighted by Crippen LogP contribution is 2.26. The summed E-state index contributed by atoms with van der Waals surface area (Å²) in [5.41, 5.74) is 0.698. The van der Waals surface area contributed by atoms with Crippen molar-refractivity contribution in [2.24, 2.45) is 0 Å². The van der Waals surface area contributed by atoms with Crippen LogP contribution in [0.1, 0.15) is 31.3 Å². The first kappa shape index (κ1) is 18.3. The van der Waals surface area contributed by atoms with Crippen LogP contribution in [-0.2, 0) is 4.74 Å². The molecule has 1 amide bonds. The molecule has 2 rings (SSSR count). The van der Waals surface area contributed by atoms with Gasteiger partial charge in [-0.25, -0.2) is 9.78 Å². The summed E-state index contributed by atoms with van der Waals surface area (Å²) in [6, 6.07) is 4.25. The summed E-state index contributed by atoms with van der Waals surface area (Å²) < 4.78 is 4.95. The highest BCUT2D eigenvalue weighted by atomic mass is 32.1. The molecule has 0 atom stereocenters.